The van der Waals surface area contributed by atoms with E-state index in [9.17, 15) is 18.0 Å². The van der Waals surface area contributed by atoms with E-state index >= 15 is 4.39 Å². The molecule has 2 aromatic rings. The zero-order valence-electron chi connectivity index (χ0n) is 12.3. The second-order valence-corrected chi connectivity index (χ2v) is 6.22. The SMILES string of the molecule is O=C1Nc2cc(Cl)ccc2C1(F)c1cc(Cl)ccc1OCC(F)(F)F. The Hall–Kier alpha value is -1.99. The van der Waals surface area contributed by atoms with Crippen LogP contribution in [0.4, 0.5) is 23.2 Å². The summed E-state index contributed by atoms with van der Waals surface area (Å²) in [5.41, 5.74) is -3.13. The molecule has 1 atom stereocenters. The lowest BCUT2D eigenvalue weighted by atomic mass is 9.88. The summed E-state index contributed by atoms with van der Waals surface area (Å²) in [6, 6.07) is 7.40. The average Bonchev–Trinajstić information content (AvgIpc) is 2.76. The molecule has 1 amide bonds. The molecule has 3 nitrogen and oxygen atoms in total. The normalized spacial score (nSPS) is 19.5. The van der Waals surface area contributed by atoms with Gasteiger partial charge >= 0.3 is 6.18 Å². The highest BCUT2D eigenvalue weighted by Gasteiger charge is 2.51. The van der Waals surface area contributed by atoms with Crippen molar-refractivity contribution in [2.45, 2.75) is 11.8 Å². The fourth-order valence-electron chi connectivity index (χ4n) is 2.58. The van der Waals surface area contributed by atoms with Gasteiger partial charge in [-0.15, -0.1) is 0 Å². The van der Waals surface area contributed by atoms with Gasteiger partial charge in [-0.05, 0) is 30.3 Å². The van der Waals surface area contributed by atoms with Crippen molar-refractivity contribution in [3.05, 3.63) is 57.6 Å². The van der Waals surface area contributed by atoms with E-state index in [0.717, 1.165) is 12.1 Å². The largest absolute Gasteiger partial charge is 0.484 e. The Morgan fingerprint density at radius 3 is 2.36 bits per heavy atom. The maximum absolute atomic E-state index is 15.7. The van der Waals surface area contributed by atoms with Crippen molar-refractivity contribution in [3.63, 3.8) is 0 Å². The molecule has 0 spiro atoms. The lowest BCUT2D eigenvalue weighted by molar-refractivity contribution is -0.153. The molecule has 0 saturated carbocycles. The molecule has 0 aliphatic carbocycles. The molecule has 1 heterocycles. The van der Waals surface area contributed by atoms with E-state index in [1.165, 1.54) is 24.3 Å². The zero-order chi connectivity index (χ0) is 18.4. The molecule has 9 heteroatoms. The van der Waals surface area contributed by atoms with Crippen LogP contribution < -0.4 is 10.1 Å². The molecule has 0 saturated heterocycles. The summed E-state index contributed by atoms with van der Waals surface area (Å²) in [5.74, 6) is -1.49. The smallest absolute Gasteiger partial charge is 0.422 e. The van der Waals surface area contributed by atoms with Crippen LogP contribution in [0.15, 0.2) is 36.4 Å². The van der Waals surface area contributed by atoms with Crippen LogP contribution in [0.3, 0.4) is 0 Å². The summed E-state index contributed by atoms with van der Waals surface area (Å²) >= 11 is 11.7. The fraction of sp³-hybridized carbons (Fsp3) is 0.188. The minimum Gasteiger partial charge on any atom is -0.484 e. The Kier molecular flexibility index (Phi) is 4.33. The Morgan fingerprint density at radius 1 is 1.04 bits per heavy atom. The Morgan fingerprint density at radius 2 is 1.68 bits per heavy atom. The minimum atomic E-state index is -4.62. The third kappa shape index (κ3) is 3.26. The molecule has 0 fully saturated rings. The monoisotopic (exact) mass is 393 g/mol. The quantitative estimate of drug-likeness (QED) is 0.736. The standard InChI is InChI=1S/C16H9Cl2F4NO2/c17-8-2-4-13(25-7-15(19,20)21)11(5-8)16(22)10-3-1-9(18)6-12(10)23-14(16)24/h1-6H,7H2,(H,23,24). The number of fused-ring (bicyclic) bond motifs is 1. The van der Waals surface area contributed by atoms with E-state index in [0.29, 0.717) is 0 Å². The lowest BCUT2D eigenvalue weighted by Gasteiger charge is -2.22. The third-order valence-corrected chi connectivity index (χ3v) is 4.09. The lowest BCUT2D eigenvalue weighted by Crippen LogP contribution is -2.32. The van der Waals surface area contributed by atoms with Gasteiger partial charge in [0.1, 0.15) is 5.75 Å². The van der Waals surface area contributed by atoms with Gasteiger partial charge in [0, 0.05) is 26.9 Å². The van der Waals surface area contributed by atoms with E-state index in [-0.39, 0.29) is 21.3 Å². The number of carbonyl (C=O) groups is 1. The van der Waals surface area contributed by atoms with Crippen LogP contribution in [0.5, 0.6) is 5.75 Å². The fourth-order valence-corrected chi connectivity index (χ4v) is 2.92. The van der Waals surface area contributed by atoms with Gasteiger partial charge in [-0.3, -0.25) is 4.79 Å². The maximum Gasteiger partial charge on any atom is 0.422 e. The number of ether oxygens (including phenoxy) is 1. The van der Waals surface area contributed by atoms with Crippen molar-refractivity contribution >= 4 is 34.8 Å². The van der Waals surface area contributed by atoms with E-state index in [1.807, 2.05) is 0 Å². The number of benzene rings is 2. The van der Waals surface area contributed by atoms with Crippen LogP contribution in [0.2, 0.25) is 10.0 Å². The molecular formula is C16H9Cl2F4NO2. The van der Waals surface area contributed by atoms with Crippen molar-refractivity contribution in [2.24, 2.45) is 0 Å². The van der Waals surface area contributed by atoms with Crippen LogP contribution in [-0.4, -0.2) is 18.7 Å². The van der Waals surface area contributed by atoms with Gasteiger partial charge in [0.15, 0.2) is 6.61 Å². The molecular weight excluding hydrogens is 385 g/mol. The van der Waals surface area contributed by atoms with Gasteiger partial charge in [0.05, 0.1) is 0 Å². The molecule has 2 aromatic carbocycles. The molecule has 0 aromatic heterocycles. The Balaban J connectivity index is 2.12. The van der Waals surface area contributed by atoms with Crippen molar-refractivity contribution < 1.29 is 27.1 Å². The number of hydrogen-bond donors (Lipinski definition) is 1. The Bertz CT molecular complexity index is 857. The number of hydrogen-bond acceptors (Lipinski definition) is 2. The first-order valence-electron chi connectivity index (χ1n) is 6.91. The van der Waals surface area contributed by atoms with Gasteiger partial charge < -0.3 is 10.1 Å². The van der Waals surface area contributed by atoms with Crippen LogP contribution in [-0.2, 0) is 10.5 Å². The second kappa shape index (κ2) is 6.07. The van der Waals surface area contributed by atoms with Crippen LogP contribution in [0.1, 0.15) is 11.1 Å². The van der Waals surface area contributed by atoms with Crippen LogP contribution in [0, 0.1) is 0 Å². The van der Waals surface area contributed by atoms with Crippen molar-refractivity contribution in [2.75, 3.05) is 11.9 Å². The van der Waals surface area contributed by atoms with Gasteiger partial charge in [0.25, 0.3) is 5.91 Å². The molecule has 1 unspecified atom stereocenters. The highest BCUT2D eigenvalue weighted by atomic mass is 35.5. The zero-order valence-corrected chi connectivity index (χ0v) is 13.8. The van der Waals surface area contributed by atoms with Gasteiger partial charge in [0.2, 0.25) is 5.67 Å². The van der Waals surface area contributed by atoms with Crippen molar-refractivity contribution in [1.29, 1.82) is 0 Å². The minimum absolute atomic E-state index is 0.0431. The molecule has 132 valence electrons. The summed E-state index contributed by atoms with van der Waals surface area (Å²) in [6.45, 7) is -1.63. The number of alkyl halides is 4. The summed E-state index contributed by atoms with van der Waals surface area (Å²) in [4.78, 5) is 12.3. The predicted octanol–water partition coefficient (Wildman–Crippen LogP) is 5.10. The summed E-state index contributed by atoms with van der Waals surface area (Å²) in [5, 5.41) is 2.64. The van der Waals surface area contributed by atoms with E-state index in [4.69, 9.17) is 27.9 Å². The van der Waals surface area contributed by atoms with Gasteiger partial charge in [-0.1, -0.05) is 29.3 Å². The molecule has 0 bridgehead atoms. The highest BCUT2D eigenvalue weighted by Crippen LogP contribution is 2.48. The molecule has 1 N–H and O–H groups in total. The van der Waals surface area contributed by atoms with Crippen molar-refractivity contribution in [3.8, 4) is 5.75 Å². The van der Waals surface area contributed by atoms with E-state index in [1.54, 1.807) is 0 Å². The van der Waals surface area contributed by atoms with Gasteiger partial charge in [-0.2, -0.15) is 13.2 Å². The number of amides is 1. The number of anilines is 1. The summed E-state index contributed by atoms with van der Waals surface area (Å²) in [6.07, 6.45) is -4.62. The molecule has 25 heavy (non-hydrogen) atoms. The van der Waals surface area contributed by atoms with Crippen LogP contribution >= 0.6 is 23.2 Å². The first-order chi connectivity index (χ1) is 11.6. The van der Waals surface area contributed by atoms with Gasteiger partial charge in [-0.25, -0.2) is 4.39 Å². The molecule has 3 rings (SSSR count). The van der Waals surface area contributed by atoms with Crippen LogP contribution in [0.25, 0.3) is 0 Å². The topological polar surface area (TPSA) is 38.3 Å². The van der Waals surface area contributed by atoms with E-state index < -0.39 is 35.7 Å². The number of carbonyl (C=O) groups excluding carboxylic acids is 1. The maximum atomic E-state index is 15.7. The Labute approximate surface area is 149 Å². The molecule has 1 aliphatic rings. The average molecular weight is 394 g/mol. The third-order valence-electron chi connectivity index (χ3n) is 3.62. The van der Waals surface area contributed by atoms with E-state index in [2.05, 4.69) is 5.32 Å². The first kappa shape index (κ1) is 17.8. The first-order valence-corrected chi connectivity index (χ1v) is 7.67. The predicted molar refractivity (Wildman–Crippen MR) is 85.0 cm³/mol. The number of rotatable bonds is 3. The summed E-state index contributed by atoms with van der Waals surface area (Å²) < 4.78 is 57.8. The number of nitrogens with one attached hydrogen (secondary N) is 1. The summed E-state index contributed by atoms with van der Waals surface area (Å²) in [7, 11) is 0. The molecule has 1 aliphatic heterocycles. The second-order valence-electron chi connectivity index (χ2n) is 5.35. The van der Waals surface area contributed by atoms with Crippen molar-refractivity contribution in [1.82, 2.24) is 0 Å². The highest BCUT2D eigenvalue weighted by molar-refractivity contribution is 6.31. The molecule has 0 radical (unpaired) electrons. The number of halogens is 6.